The highest BCUT2D eigenvalue weighted by Crippen LogP contribution is 1.95. The Hall–Kier alpha value is -0.140. The van der Waals surface area contributed by atoms with E-state index < -0.39 is 22.0 Å². The Balaban J connectivity index is 4.19. The predicted molar refractivity (Wildman–Crippen MR) is 47.3 cm³/mol. The van der Waals surface area contributed by atoms with E-state index >= 15 is 0 Å². The summed E-state index contributed by atoms with van der Waals surface area (Å²) in [6.45, 7) is 1.41. The van der Waals surface area contributed by atoms with Crippen molar-refractivity contribution in [2.24, 2.45) is 0 Å². The second-order valence-electron chi connectivity index (χ2n) is 2.09. The number of sulfonamides is 1. The van der Waals surface area contributed by atoms with Gasteiger partial charge in [-0.25, -0.2) is 13.1 Å². The van der Waals surface area contributed by atoms with Crippen LogP contribution in [0.5, 0.6) is 0 Å². The van der Waals surface area contributed by atoms with Crippen LogP contribution in [-0.2, 0) is 19.6 Å². The minimum atomic E-state index is -3.41. The molecule has 0 fully saturated rings. The van der Waals surface area contributed by atoms with E-state index in [0.29, 0.717) is 0 Å². The number of nitrogens with one attached hydrogen (secondary N) is 1. The molecule has 0 rings (SSSR count). The molecule has 0 aliphatic heterocycles. The van der Waals surface area contributed by atoms with E-state index in [2.05, 4.69) is 25.4 Å². The molecule has 1 unspecified atom stereocenters. The van der Waals surface area contributed by atoms with Crippen LogP contribution in [0.3, 0.4) is 0 Å². The largest absolute Gasteiger partial charge is 0.468 e. The Morgan fingerprint density at radius 2 is 2.17 bits per heavy atom. The van der Waals surface area contributed by atoms with Crippen LogP contribution in [0.1, 0.15) is 6.92 Å². The van der Waals surface area contributed by atoms with Crippen molar-refractivity contribution in [3.63, 3.8) is 0 Å². The molecule has 0 aromatic heterocycles. The molecule has 72 valence electrons. The van der Waals surface area contributed by atoms with Gasteiger partial charge in [-0.05, 0) is 6.92 Å². The van der Waals surface area contributed by atoms with Gasteiger partial charge in [-0.3, -0.25) is 4.79 Å². The van der Waals surface area contributed by atoms with Crippen molar-refractivity contribution in [3.8, 4) is 0 Å². The summed E-state index contributed by atoms with van der Waals surface area (Å²) in [4.78, 5) is 10.7. The van der Waals surface area contributed by atoms with Crippen LogP contribution >= 0.6 is 15.9 Å². The molecule has 0 spiro atoms. The van der Waals surface area contributed by atoms with Gasteiger partial charge in [0.2, 0.25) is 10.0 Å². The molecule has 1 atom stereocenters. The molecule has 0 saturated heterocycles. The fourth-order valence-electron chi connectivity index (χ4n) is 0.526. The minimum absolute atomic E-state index is 0.235. The molecular formula is C5H10BrNO4S. The summed E-state index contributed by atoms with van der Waals surface area (Å²) in [5, 5.41) is 0. The Kier molecular flexibility index (Phi) is 4.73. The maximum atomic E-state index is 10.9. The highest BCUT2D eigenvalue weighted by molar-refractivity contribution is 9.10. The molecule has 0 saturated carbocycles. The summed E-state index contributed by atoms with van der Waals surface area (Å²) >= 11 is 2.77. The number of halogens is 1. The van der Waals surface area contributed by atoms with Gasteiger partial charge in [0.15, 0.2) is 0 Å². The Morgan fingerprint density at radius 3 is 2.50 bits per heavy atom. The third kappa shape index (κ3) is 4.03. The number of esters is 1. The van der Waals surface area contributed by atoms with Crippen LogP contribution in [0.2, 0.25) is 0 Å². The molecule has 5 nitrogen and oxygen atoms in total. The van der Waals surface area contributed by atoms with E-state index in [4.69, 9.17) is 0 Å². The average Bonchev–Trinajstić information content (AvgIpc) is 2.02. The minimum Gasteiger partial charge on any atom is -0.468 e. The van der Waals surface area contributed by atoms with Crippen LogP contribution in [0, 0.1) is 0 Å². The number of carbonyl (C=O) groups excluding carboxylic acids is 1. The van der Waals surface area contributed by atoms with Gasteiger partial charge < -0.3 is 4.74 Å². The van der Waals surface area contributed by atoms with E-state index in [1.165, 1.54) is 14.0 Å². The molecule has 0 amide bonds. The maximum absolute atomic E-state index is 10.9. The maximum Gasteiger partial charge on any atom is 0.323 e. The summed E-state index contributed by atoms with van der Waals surface area (Å²) in [5.74, 6) is -0.612. The molecule has 0 aliphatic carbocycles. The molecule has 1 N–H and O–H groups in total. The van der Waals surface area contributed by atoms with Crippen molar-refractivity contribution in [1.82, 2.24) is 4.72 Å². The zero-order valence-corrected chi connectivity index (χ0v) is 9.11. The topological polar surface area (TPSA) is 72.5 Å². The Bertz CT molecular complexity index is 250. The number of hydrogen-bond donors (Lipinski definition) is 1. The average molecular weight is 260 g/mol. The van der Waals surface area contributed by atoms with E-state index in [0.717, 1.165) is 0 Å². The van der Waals surface area contributed by atoms with Crippen LogP contribution in [-0.4, -0.2) is 32.2 Å². The SMILES string of the molecule is COC(=O)C(C)NS(=O)(=O)CBr. The lowest BCUT2D eigenvalue weighted by Gasteiger charge is -2.09. The lowest BCUT2D eigenvalue weighted by Crippen LogP contribution is -2.39. The number of rotatable bonds is 4. The lowest BCUT2D eigenvalue weighted by atomic mass is 10.4. The first-order chi connectivity index (χ1) is 5.43. The van der Waals surface area contributed by atoms with Crippen molar-refractivity contribution in [2.45, 2.75) is 13.0 Å². The summed E-state index contributed by atoms with van der Waals surface area (Å²) < 4.78 is 27.9. The normalized spacial score (nSPS) is 13.9. The van der Waals surface area contributed by atoms with Crippen LogP contribution in [0.15, 0.2) is 0 Å². The second kappa shape index (κ2) is 4.78. The number of carbonyl (C=O) groups is 1. The molecule has 0 aromatic carbocycles. The molecule has 0 radical (unpaired) electrons. The first-order valence-electron chi connectivity index (χ1n) is 3.06. The van der Waals surface area contributed by atoms with Crippen LogP contribution < -0.4 is 4.72 Å². The molecular weight excluding hydrogens is 250 g/mol. The monoisotopic (exact) mass is 259 g/mol. The highest BCUT2D eigenvalue weighted by Gasteiger charge is 2.19. The summed E-state index contributed by atoms with van der Waals surface area (Å²) in [6, 6.07) is -0.849. The number of hydrogen-bond acceptors (Lipinski definition) is 4. The molecule has 0 heterocycles. The first-order valence-corrected chi connectivity index (χ1v) is 5.84. The van der Waals surface area contributed by atoms with Gasteiger partial charge in [0.05, 0.1) is 7.11 Å². The van der Waals surface area contributed by atoms with Gasteiger partial charge in [-0.1, -0.05) is 15.9 Å². The number of alkyl halides is 1. The van der Waals surface area contributed by atoms with Crippen molar-refractivity contribution >= 4 is 31.9 Å². The summed E-state index contributed by atoms with van der Waals surface area (Å²) in [5.41, 5.74) is 0. The zero-order chi connectivity index (χ0) is 9.78. The molecule has 0 aromatic rings. The standard InChI is InChI=1S/C5H10BrNO4S/c1-4(5(8)11-2)7-12(9,10)3-6/h4,7H,3H2,1-2H3. The van der Waals surface area contributed by atoms with Gasteiger partial charge >= 0.3 is 5.97 Å². The van der Waals surface area contributed by atoms with E-state index in [-0.39, 0.29) is 4.66 Å². The zero-order valence-electron chi connectivity index (χ0n) is 6.70. The van der Waals surface area contributed by atoms with Gasteiger partial charge in [0.25, 0.3) is 0 Å². The fourth-order valence-corrected chi connectivity index (χ4v) is 1.62. The van der Waals surface area contributed by atoms with E-state index in [1.807, 2.05) is 0 Å². The lowest BCUT2D eigenvalue weighted by molar-refractivity contribution is -0.142. The van der Waals surface area contributed by atoms with Crippen LogP contribution in [0.4, 0.5) is 0 Å². The van der Waals surface area contributed by atoms with Crippen LogP contribution in [0.25, 0.3) is 0 Å². The van der Waals surface area contributed by atoms with Gasteiger partial charge in [-0.15, -0.1) is 0 Å². The van der Waals surface area contributed by atoms with Crippen molar-refractivity contribution in [1.29, 1.82) is 0 Å². The Labute approximate surface area is 79.7 Å². The number of methoxy groups -OCH3 is 1. The summed E-state index contributed by atoms with van der Waals surface area (Å²) in [7, 11) is -2.21. The van der Waals surface area contributed by atoms with Gasteiger partial charge in [0, 0.05) is 0 Å². The third-order valence-electron chi connectivity index (χ3n) is 1.05. The Morgan fingerprint density at radius 1 is 1.67 bits per heavy atom. The molecule has 12 heavy (non-hydrogen) atoms. The fraction of sp³-hybridized carbons (Fsp3) is 0.800. The van der Waals surface area contributed by atoms with Gasteiger partial charge in [0.1, 0.15) is 10.7 Å². The number of ether oxygens (including phenoxy) is 1. The molecule has 0 aliphatic rings. The van der Waals surface area contributed by atoms with Gasteiger partial charge in [-0.2, -0.15) is 0 Å². The molecule has 7 heteroatoms. The summed E-state index contributed by atoms with van der Waals surface area (Å²) in [6.07, 6.45) is 0. The van der Waals surface area contributed by atoms with E-state index in [1.54, 1.807) is 0 Å². The second-order valence-corrected chi connectivity index (χ2v) is 5.14. The predicted octanol–water partition coefficient (Wildman–Crippen LogP) is -0.180. The highest BCUT2D eigenvalue weighted by atomic mass is 79.9. The third-order valence-corrected chi connectivity index (χ3v) is 3.86. The quantitative estimate of drug-likeness (QED) is 0.562. The van der Waals surface area contributed by atoms with E-state index in [9.17, 15) is 13.2 Å². The van der Waals surface area contributed by atoms with Crippen molar-refractivity contribution in [2.75, 3.05) is 11.8 Å². The first kappa shape index (κ1) is 11.9. The van der Waals surface area contributed by atoms with Crippen molar-refractivity contribution < 1.29 is 17.9 Å². The van der Waals surface area contributed by atoms with Crippen molar-refractivity contribution in [3.05, 3.63) is 0 Å². The molecule has 0 bridgehead atoms. The smallest absolute Gasteiger partial charge is 0.323 e.